The molecule has 5 nitrogen and oxygen atoms in total. The molecule has 0 spiro atoms. The third-order valence-corrected chi connectivity index (χ3v) is 2.65. The minimum Gasteiger partial charge on any atom is -0.462 e. The standard InChI is InChI=1S/C13H12F3N3O2/c1-2-21-12(20)8-3-5-9(6-4-8)19-11(17)7-10(18-19)13(14,15)16/h3-7H,2,17H2,1H3. The number of carbonyl (C=O) groups is 1. The predicted molar refractivity (Wildman–Crippen MR) is 68.9 cm³/mol. The van der Waals surface area contributed by atoms with E-state index in [1.165, 1.54) is 24.3 Å². The van der Waals surface area contributed by atoms with E-state index in [4.69, 9.17) is 10.5 Å². The van der Waals surface area contributed by atoms with E-state index in [-0.39, 0.29) is 12.4 Å². The van der Waals surface area contributed by atoms with Gasteiger partial charge in [-0.05, 0) is 31.2 Å². The first-order valence-corrected chi connectivity index (χ1v) is 6.03. The molecule has 2 aromatic rings. The maximum absolute atomic E-state index is 12.6. The highest BCUT2D eigenvalue weighted by Gasteiger charge is 2.34. The zero-order chi connectivity index (χ0) is 15.6. The lowest BCUT2D eigenvalue weighted by molar-refractivity contribution is -0.141. The Hall–Kier alpha value is -2.51. The first-order valence-electron chi connectivity index (χ1n) is 6.03. The zero-order valence-electron chi connectivity index (χ0n) is 11.0. The number of anilines is 1. The Balaban J connectivity index is 2.31. The molecule has 0 unspecified atom stereocenters. The molecule has 0 bridgehead atoms. The highest BCUT2D eigenvalue weighted by atomic mass is 19.4. The second-order valence-corrected chi connectivity index (χ2v) is 4.13. The molecule has 2 rings (SSSR count). The van der Waals surface area contributed by atoms with Gasteiger partial charge in [-0.25, -0.2) is 9.48 Å². The van der Waals surface area contributed by atoms with Gasteiger partial charge in [-0.15, -0.1) is 0 Å². The highest BCUT2D eigenvalue weighted by Crippen LogP contribution is 2.30. The van der Waals surface area contributed by atoms with Crippen molar-refractivity contribution in [1.29, 1.82) is 0 Å². The summed E-state index contributed by atoms with van der Waals surface area (Å²) in [7, 11) is 0. The second kappa shape index (κ2) is 5.47. The van der Waals surface area contributed by atoms with Gasteiger partial charge >= 0.3 is 12.1 Å². The van der Waals surface area contributed by atoms with Crippen LogP contribution in [0, 0.1) is 0 Å². The zero-order valence-corrected chi connectivity index (χ0v) is 11.0. The molecule has 1 aromatic heterocycles. The van der Waals surface area contributed by atoms with E-state index >= 15 is 0 Å². The van der Waals surface area contributed by atoms with Gasteiger partial charge in [-0.3, -0.25) is 0 Å². The number of benzene rings is 1. The lowest BCUT2D eigenvalue weighted by atomic mass is 10.2. The Bertz CT molecular complexity index is 648. The van der Waals surface area contributed by atoms with Crippen molar-refractivity contribution in [2.75, 3.05) is 12.3 Å². The van der Waals surface area contributed by atoms with Crippen LogP contribution in [0.2, 0.25) is 0 Å². The topological polar surface area (TPSA) is 70.1 Å². The third-order valence-electron chi connectivity index (χ3n) is 2.65. The van der Waals surface area contributed by atoms with Crippen LogP contribution in [-0.2, 0) is 10.9 Å². The summed E-state index contributed by atoms with van der Waals surface area (Å²) >= 11 is 0. The van der Waals surface area contributed by atoms with Crippen molar-refractivity contribution in [3.8, 4) is 5.69 Å². The van der Waals surface area contributed by atoms with Gasteiger partial charge in [0, 0.05) is 6.07 Å². The number of hydrogen-bond donors (Lipinski definition) is 1. The van der Waals surface area contributed by atoms with Gasteiger partial charge in [0.15, 0.2) is 5.69 Å². The number of nitrogen functional groups attached to an aromatic ring is 1. The lowest BCUT2D eigenvalue weighted by Crippen LogP contribution is -2.08. The van der Waals surface area contributed by atoms with Crippen molar-refractivity contribution < 1.29 is 22.7 Å². The first kappa shape index (κ1) is 14.9. The Morgan fingerprint density at radius 1 is 1.33 bits per heavy atom. The predicted octanol–water partition coefficient (Wildman–Crippen LogP) is 2.65. The Morgan fingerprint density at radius 2 is 1.95 bits per heavy atom. The van der Waals surface area contributed by atoms with Crippen LogP contribution in [-0.4, -0.2) is 22.4 Å². The minimum atomic E-state index is -4.57. The highest BCUT2D eigenvalue weighted by molar-refractivity contribution is 5.89. The number of alkyl halides is 3. The molecular formula is C13H12F3N3O2. The van der Waals surface area contributed by atoms with E-state index in [0.717, 1.165) is 10.7 Å². The van der Waals surface area contributed by atoms with Crippen LogP contribution >= 0.6 is 0 Å². The Kier molecular flexibility index (Phi) is 3.88. The van der Waals surface area contributed by atoms with Crippen LogP contribution in [0.1, 0.15) is 23.0 Å². The van der Waals surface area contributed by atoms with Crippen LogP contribution in [0.4, 0.5) is 19.0 Å². The van der Waals surface area contributed by atoms with Gasteiger partial charge < -0.3 is 10.5 Å². The van der Waals surface area contributed by atoms with Gasteiger partial charge in [-0.1, -0.05) is 0 Å². The van der Waals surface area contributed by atoms with Crippen molar-refractivity contribution in [3.05, 3.63) is 41.6 Å². The maximum atomic E-state index is 12.6. The van der Waals surface area contributed by atoms with E-state index in [9.17, 15) is 18.0 Å². The molecule has 0 atom stereocenters. The number of ether oxygens (including phenoxy) is 1. The molecule has 0 saturated carbocycles. The molecular weight excluding hydrogens is 287 g/mol. The van der Waals surface area contributed by atoms with Gasteiger partial charge in [0.05, 0.1) is 17.9 Å². The van der Waals surface area contributed by atoms with Gasteiger partial charge in [0.2, 0.25) is 0 Å². The summed E-state index contributed by atoms with van der Waals surface area (Å²) < 4.78 is 43.4. The maximum Gasteiger partial charge on any atom is 0.435 e. The molecule has 0 saturated heterocycles. The smallest absolute Gasteiger partial charge is 0.435 e. The van der Waals surface area contributed by atoms with Crippen LogP contribution in [0.3, 0.4) is 0 Å². The fraction of sp³-hybridized carbons (Fsp3) is 0.231. The molecule has 1 aromatic carbocycles. The molecule has 0 aliphatic carbocycles. The summed E-state index contributed by atoms with van der Waals surface area (Å²) in [6, 6.07) is 6.49. The Labute approximate surface area is 118 Å². The summed E-state index contributed by atoms with van der Waals surface area (Å²) in [5.74, 6) is -0.653. The lowest BCUT2D eigenvalue weighted by Gasteiger charge is -2.06. The molecule has 0 amide bonds. The number of halogens is 3. The van der Waals surface area contributed by atoms with E-state index in [2.05, 4.69) is 5.10 Å². The number of hydrogen-bond acceptors (Lipinski definition) is 4. The summed E-state index contributed by atoms with van der Waals surface area (Å²) in [5, 5.41) is 3.41. The van der Waals surface area contributed by atoms with Crippen LogP contribution in [0.5, 0.6) is 0 Å². The molecule has 0 aliphatic heterocycles. The van der Waals surface area contributed by atoms with Gasteiger partial charge in [-0.2, -0.15) is 18.3 Å². The largest absolute Gasteiger partial charge is 0.462 e. The normalized spacial score (nSPS) is 11.4. The molecule has 0 radical (unpaired) electrons. The monoisotopic (exact) mass is 299 g/mol. The van der Waals surface area contributed by atoms with Crippen molar-refractivity contribution in [2.45, 2.75) is 13.1 Å². The first-order chi connectivity index (χ1) is 9.82. The quantitative estimate of drug-likeness (QED) is 0.885. The van der Waals surface area contributed by atoms with Crippen LogP contribution < -0.4 is 5.73 Å². The van der Waals surface area contributed by atoms with Crippen LogP contribution in [0.15, 0.2) is 30.3 Å². The minimum absolute atomic E-state index is 0.147. The molecule has 112 valence electrons. The Morgan fingerprint density at radius 3 is 2.43 bits per heavy atom. The molecule has 0 fully saturated rings. The molecule has 2 N–H and O–H groups in total. The summed E-state index contributed by atoms with van der Waals surface area (Å²) in [6.45, 7) is 1.91. The fourth-order valence-electron chi connectivity index (χ4n) is 1.69. The average Bonchev–Trinajstić information content (AvgIpc) is 2.81. The molecule has 21 heavy (non-hydrogen) atoms. The van der Waals surface area contributed by atoms with Gasteiger partial charge in [0.1, 0.15) is 5.82 Å². The molecule has 1 heterocycles. The number of rotatable bonds is 3. The molecule has 8 heteroatoms. The number of nitrogens with zero attached hydrogens (tertiary/aromatic N) is 2. The van der Waals surface area contributed by atoms with E-state index in [1.807, 2.05) is 0 Å². The summed E-state index contributed by atoms with van der Waals surface area (Å²) in [5.41, 5.74) is 5.06. The summed E-state index contributed by atoms with van der Waals surface area (Å²) in [4.78, 5) is 11.5. The van der Waals surface area contributed by atoms with E-state index in [0.29, 0.717) is 11.3 Å². The van der Waals surface area contributed by atoms with Crippen molar-refractivity contribution in [3.63, 3.8) is 0 Å². The van der Waals surface area contributed by atoms with E-state index < -0.39 is 17.8 Å². The van der Waals surface area contributed by atoms with Crippen molar-refractivity contribution in [1.82, 2.24) is 9.78 Å². The van der Waals surface area contributed by atoms with Crippen molar-refractivity contribution in [2.24, 2.45) is 0 Å². The average molecular weight is 299 g/mol. The number of aromatic nitrogens is 2. The van der Waals surface area contributed by atoms with Gasteiger partial charge in [0.25, 0.3) is 0 Å². The third kappa shape index (κ3) is 3.15. The van der Waals surface area contributed by atoms with E-state index in [1.54, 1.807) is 6.92 Å². The fourth-order valence-corrected chi connectivity index (χ4v) is 1.69. The summed E-state index contributed by atoms with van der Waals surface area (Å²) in [6.07, 6.45) is -4.57. The van der Waals surface area contributed by atoms with Crippen molar-refractivity contribution >= 4 is 11.8 Å². The molecule has 0 aliphatic rings. The SMILES string of the molecule is CCOC(=O)c1ccc(-n2nc(C(F)(F)F)cc2N)cc1. The number of nitrogens with two attached hydrogens (primary N) is 1. The second-order valence-electron chi connectivity index (χ2n) is 4.13. The number of carbonyl (C=O) groups excluding carboxylic acids is 1. The number of esters is 1. The van der Waals surface area contributed by atoms with Crippen LogP contribution in [0.25, 0.3) is 5.69 Å².